The zero-order chi connectivity index (χ0) is 21.8. The molecule has 1 fully saturated rings. The summed E-state index contributed by atoms with van der Waals surface area (Å²) < 4.78 is 12.1. The molecule has 2 unspecified atom stereocenters. The second-order valence-electron chi connectivity index (χ2n) is 9.39. The van der Waals surface area contributed by atoms with Gasteiger partial charge in [0.25, 0.3) is 0 Å². The quantitative estimate of drug-likeness (QED) is 0.605. The Morgan fingerprint density at radius 2 is 1.94 bits per heavy atom. The van der Waals surface area contributed by atoms with Gasteiger partial charge in [0.05, 0.1) is 19.3 Å². The summed E-state index contributed by atoms with van der Waals surface area (Å²) in [6, 6.07) is 14.8. The third kappa shape index (κ3) is 5.56. The molecule has 0 spiro atoms. The SMILES string of the molecule is CC(C)(C)OC(=O)N1CCC(C2=CC[CH]C=C2)C(OCc2ccc3ccccc3c2)C1. The van der Waals surface area contributed by atoms with E-state index in [4.69, 9.17) is 9.47 Å². The summed E-state index contributed by atoms with van der Waals surface area (Å²) in [5.41, 5.74) is 1.96. The molecule has 1 saturated heterocycles. The third-order valence-corrected chi connectivity index (χ3v) is 5.83. The van der Waals surface area contributed by atoms with Crippen molar-refractivity contribution in [1.29, 1.82) is 0 Å². The highest BCUT2D eigenvalue weighted by molar-refractivity contribution is 5.82. The van der Waals surface area contributed by atoms with E-state index in [1.807, 2.05) is 20.8 Å². The van der Waals surface area contributed by atoms with Gasteiger partial charge in [-0.25, -0.2) is 4.79 Å². The average Bonchev–Trinajstić information content (AvgIpc) is 2.77. The van der Waals surface area contributed by atoms with Crippen molar-refractivity contribution in [2.75, 3.05) is 13.1 Å². The number of likely N-dealkylation sites (tertiary alicyclic amines) is 1. The number of piperidine rings is 1. The van der Waals surface area contributed by atoms with E-state index in [0.29, 0.717) is 19.7 Å². The molecular formula is C27H32NO3. The number of allylic oxidation sites excluding steroid dienone is 3. The summed E-state index contributed by atoms with van der Waals surface area (Å²) in [5.74, 6) is 0.282. The number of carbonyl (C=O) groups is 1. The number of carbonyl (C=O) groups excluding carboxylic acids is 1. The highest BCUT2D eigenvalue weighted by atomic mass is 16.6. The fourth-order valence-electron chi connectivity index (χ4n) is 4.30. The summed E-state index contributed by atoms with van der Waals surface area (Å²) in [5, 5.41) is 2.44. The van der Waals surface area contributed by atoms with E-state index in [1.54, 1.807) is 4.90 Å². The standard InChI is InChI=1S/C27H32NO3/c1-27(2,3)31-26(29)28-16-15-24(22-10-5-4-6-11-22)25(18-28)30-19-20-13-14-21-9-7-8-12-23(21)17-20/h4-5,7-14,17,24-25H,6,15-16,18-19H2,1-3H3. The van der Waals surface area contributed by atoms with Crippen molar-refractivity contribution < 1.29 is 14.3 Å². The van der Waals surface area contributed by atoms with Crippen molar-refractivity contribution in [3.05, 3.63) is 78.3 Å². The van der Waals surface area contributed by atoms with Gasteiger partial charge in [-0.3, -0.25) is 0 Å². The molecule has 1 aliphatic heterocycles. The van der Waals surface area contributed by atoms with Gasteiger partial charge in [-0.2, -0.15) is 0 Å². The first-order valence-electron chi connectivity index (χ1n) is 11.2. The molecule has 4 rings (SSSR count). The Labute approximate surface area is 185 Å². The predicted molar refractivity (Wildman–Crippen MR) is 125 cm³/mol. The molecule has 0 aromatic heterocycles. The Kier molecular flexibility index (Phi) is 6.47. The molecule has 0 saturated carbocycles. The Balaban J connectivity index is 1.49. The van der Waals surface area contributed by atoms with E-state index in [9.17, 15) is 4.79 Å². The maximum atomic E-state index is 12.7. The summed E-state index contributed by atoms with van der Waals surface area (Å²) in [6.45, 7) is 7.46. The molecule has 2 aromatic rings. The summed E-state index contributed by atoms with van der Waals surface area (Å²) in [6.07, 6.45) is 10.2. The van der Waals surface area contributed by atoms with Crippen LogP contribution in [0.25, 0.3) is 10.8 Å². The Morgan fingerprint density at radius 3 is 2.68 bits per heavy atom. The van der Waals surface area contributed by atoms with Gasteiger partial charge >= 0.3 is 6.09 Å². The normalized spacial score (nSPS) is 21.8. The highest BCUT2D eigenvalue weighted by Crippen LogP contribution is 2.31. The molecule has 2 atom stereocenters. The number of nitrogens with zero attached hydrogens (tertiary/aromatic N) is 1. The number of hydrogen-bond acceptors (Lipinski definition) is 3. The molecule has 2 aliphatic rings. The minimum atomic E-state index is -0.500. The Hall–Kier alpha value is -2.59. The summed E-state index contributed by atoms with van der Waals surface area (Å²) in [7, 11) is 0. The molecule has 2 aromatic carbocycles. The van der Waals surface area contributed by atoms with Crippen LogP contribution in [0.3, 0.4) is 0 Å². The first kappa shape index (κ1) is 21.6. The molecule has 163 valence electrons. The van der Waals surface area contributed by atoms with Gasteiger partial charge in [0.1, 0.15) is 5.60 Å². The number of benzene rings is 2. The van der Waals surface area contributed by atoms with E-state index < -0.39 is 5.60 Å². The molecule has 0 bridgehead atoms. The van der Waals surface area contributed by atoms with Gasteiger partial charge in [0.15, 0.2) is 0 Å². The predicted octanol–water partition coefficient (Wildman–Crippen LogP) is 6.07. The van der Waals surface area contributed by atoms with E-state index in [1.165, 1.54) is 16.3 Å². The summed E-state index contributed by atoms with van der Waals surface area (Å²) >= 11 is 0. The molecule has 4 heteroatoms. The zero-order valence-corrected chi connectivity index (χ0v) is 18.7. The van der Waals surface area contributed by atoms with Gasteiger partial charge in [0.2, 0.25) is 0 Å². The Morgan fingerprint density at radius 1 is 1.13 bits per heavy atom. The first-order chi connectivity index (χ1) is 14.9. The Bertz CT molecular complexity index is 985. The maximum absolute atomic E-state index is 12.7. The minimum Gasteiger partial charge on any atom is -0.444 e. The van der Waals surface area contributed by atoms with Crippen molar-refractivity contribution in [3.63, 3.8) is 0 Å². The van der Waals surface area contributed by atoms with Crippen LogP contribution >= 0.6 is 0 Å². The van der Waals surface area contributed by atoms with E-state index in [2.05, 4.69) is 67.1 Å². The van der Waals surface area contributed by atoms with Gasteiger partial charge in [-0.15, -0.1) is 0 Å². The minimum absolute atomic E-state index is 0.0678. The van der Waals surface area contributed by atoms with Gasteiger partial charge in [0, 0.05) is 12.5 Å². The zero-order valence-electron chi connectivity index (χ0n) is 18.7. The van der Waals surface area contributed by atoms with Gasteiger partial charge < -0.3 is 14.4 Å². The molecule has 1 aliphatic carbocycles. The van der Waals surface area contributed by atoms with Crippen LogP contribution in [-0.4, -0.2) is 35.8 Å². The van der Waals surface area contributed by atoms with Crippen LogP contribution in [0.15, 0.2) is 66.3 Å². The molecule has 31 heavy (non-hydrogen) atoms. The number of ether oxygens (including phenoxy) is 2. The lowest BCUT2D eigenvalue weighted by Gasteiger charge is -2.39. The summed E-state index contributed by atoms with van der Waals surface area (Å²) in [4.78, 5) is 14.5. The first-order valence-corrected chi connectivity index (χ1v) is 11.2. The smallest absolute Gasteiger partial charge is 0.410 e. The molecule has 4 nitrogen and oxygen atoms in total. The molecule has 1 radical (unpaired) electrons. The number of hydrogen-bond donors (Lipinski definition) is 0. The fourth-order valence-corrected chi connectivity index (χ4v) is 4.30. The van der Waals surface area contributed by atoms with Crippen molar-refractivity contribution in [1.82, 2.24) is 4.90 Å². The number of amides is 1. The molecule has 1 amide bonds. The molecule has 1 heterocycles. The van der Waals surface area contributed by atoms with Crippen LogP contribution in [-0.2, 0) is 16.1 Å². The van der Waals surface area contributed by atoms with Crippen molar-refractivity contribution >= 4 is 16.9 Å². The maximum Gasteiger partial charge on any atom is 0.410 e. The fraction of sp³-hybridized carbons (Fsp3) is 0.407. The number of fused-ring (bicyclic) bond motifs is 1. The van der Waals surface area contributed by atoms with Crippen LogP contribution in [0.2, 0.25) is 0 Å². The topological polar surface area (TPSA) is 38.8 Å². The lowest BCUT2D eigenvalue weighted by atomic mass is 9.84. The van der Waals surface area contributed by atoms with Crippen molar-refractivity contribution in [2.45, 2.75) is 51.9 Å². The van der Waals surface area contributed by atoms with E-state index in [-0.39, 0.29) is 18.1 Å². The van der Waals surface area contributed by atoms with Gasteiger partial charge in [-0.05, 0) is 68.0 Å². The van der Waals surface area contributed by atoms with Crippen LogP contribution in [0.5, 0.6) is 0 Å². The highest BCUT2D eigenvalue weighted by Gasteiger charge is 2.35. The van der Waals surface area contributed by atoms with Crippen LogP contribution in [0, 0.1) is 12.3 Å². The number of rotatable bonds is 4. The molecule has 0 N–H and O–H groups in total. The van der Waals surface area contributed by atoms with Crippen LogP contribution < -0.4 is 0 Å². The van der Waals surface area contributed by atoms with E-state index in [0.717, 1.165) is 18.4 Å². The van der Waals surface area contributed by atoms with Crippen LogP contribution in [0.4, 0.5) is 4.79 Å². The lowest BCUT2D eigenvalue weighted by Crippen LogP contribution is -2.49. The molecular weight excluding hydrogens is 386 g/mol. The lowest BCUT2D eigenvalue weighted by molar-refractivity contribution is -0.0443. The van der Waals surface area contributed by atoms with E-state index >= 15 is 0 Å². The van der Waals surface area contributed by atoms with Crippen LogP contribution in [0.1, 0.15) is 39.2 Å². The van der Waals surface area contributed by atoms with Gasteiger partial charge in [-0.1, -0.05) is 54.6 Å². The average molecular weight is 419 g/mol. The monoisotopic (exact) mass is 418 g/mol. The van der Waals surface area contributed by atoms with Crippen molar-refractivity contribution in [2.24, 2.45) is 5.92 Å². The second kappa shape index (κ2) is 9.27. The van der Waals surface area contributed by atoms with Crippen molar-refractivity contribution in [3.8, 4) is 0 Å². The second-order valence-corrected chi connectivity index (χ2v) is 9.39. The third-order valence-electron chi connectivity index (χ3n) is 5.83. The largest absolute Gasteiger partial charge is 0.444 e.